The minimum absolute atomic E-state index is 3.88. The van der Waals surface area contributed by atoms with Crippen molar-refractivity contribution in [2.75, 3.05) is 0 Å². The zero-order valence-electron chi connectivity index (χ0n) is 3.53. The standard InChI is InChI=1S/CH3F3N2OS/c2-1(3,4)8(5,6)7/h(H3,5,6,7). The van der Waals surface area contributed by atoms with Gasteiger partial charge in [0.05, 0.1) is 0 Å². The van der Waals surface area contributed by atoms with Crippen LogP contribution in [0.3, 0.4) is 0 Å². The van der Waals surface area contributed by atoms with Crippen LogP contribution >= 0.6 is 0 Å². The normalized spacial score (nSPS) is 20.0. The third-order valence-corrected chi connectivity index (χ3v) is 1.03. The first-order valence-corrected chi connectivity index (χ1v) is 3.00. The van der Waals surface area contributed by atoms with Gasteiger partial charge in [0.2, 0.25) is 9.92 Å². The summed E-state index contributed by atoms with van der Waals surface area (Å²) in [7, 11) is -4.84. The van der Waals surface area contributed by atoms with Gasteiger partial charge in [0, 0.05) is 0 Å². The number of hydrogen-bond donors (Lipinski definition) is 2. The summed E-state index contributed by atoms with van der Waals surface area (Å²) in [6.07, 6.45) is 0. The highest BCUT2D eigenvalue weighted by atomic mass is 32.2. The molecule has 0 aliphatic rings. The van der Waals surface area contributed by atoms with E-state index in [9.17, 15) is 17.4 Å². The molecule has 0 spiro atoms. The van der Waals surface area contributed by atoms with E-state index >= 15 is 0 Å². The van der Waals surface area contributed by atoms with Crippen LogP contribution in [0.15, 0.2) is 0 Å². The van der Waals surface area contributed by atoms with Crippen LogP contribution in [-0.2, 0) is 9.92 Å². The Morgan fingerprint density at radius 3 is 1.62 bits per heavy atom. The fourth-order valence-electron chi connectivity index (χ4n) is 0. The van der Waals surface area contributed by atoms with Crippen LogP contribution in [0, 0.1) is 4.78 Å². The molecule has 0 amide bonds. The molecule has 0 saturated carbocycles. The molecule has 7 heteroatoms. The molecule has 0 fully saturated rings. The maximum Gasteiger partial charge on any atom is 0.492 e. The van der Waals surface area contributed by atoms with Crippen LogP contribution in [0.25, 0.3) is 0 Å². The van der Waals surface area contributed by atoms with E-state index in [2.05, 4.69) is 5.14 Å². The van der Waals surface area contributed by atoms with E-state index in [1.807, 2.05) is 0 Å². The van der Waals surface area contributed by atoms with Gasteiger partial charge in [-0.15, -0.1) is 0 Å². The molecule has 3 N–H and O–H groups in total. The van der Waals surface area contributed by atoms with Gasteiger partial charge in [0.1, 0.15) is 0 Å². The number of alkyl halides is 3. The summed E-state index contributed by atoms with van der Waals surface area (Å²) in [4.78, 5) is 0. The third-order valence-electron chi connectivity index (χ3n) is 0.344. The Bertz CT molecular complexity index is 166. The van der Waals surface area contributed by atoms with Gasteiger partial charge in [-0.25, -0.2) is 14.1 Å². The number of hydrogen-bond acceptors (Lipinski definition) is 2. The molecule has 0 aromatic rings. The molecule has 50 valence electrons. The topological polar surface area (TPSA) is 66.9 Å². The molecular formula is CH3F3N2OS. The molecule has 0 rings (SSSR count). The molecule has 0 aliphatic heterocycles. The number of halogens is 3. The highest BCUT2D eigenvalue weighted by Crippen LogP contribution is 2.19. The molecule has 0 bridgehead atoms. The van der Waals surface area contributed by atoms with Gasteiger partial charge in [-0.1, -0.05) is 0 Å². The van der Waals surface area contributed by atoms with Crippen molar-refractivity contribution in [3.05, 3.63) is 0 Å². The van der Waals surface area contributed by atoms with Gasteiger partial charge >= 0.3 is 5.51 Å². The summed E-state index contributed by atoms with van der Waals surface area (Å²) in [6, 6.07) is 0. The van der Waals surface area contributed by atoms with Gasteiger partial charge in [-0.2, -0.15) is 13.2 Å². The largest absolute Gasteiger partial charge is 0.492 e. The summed E-state index contributed by atoms with van der Waals surface area (Å²) in [5.74, 6) is 0. The average molecular weight is 148 g/mol. The van der Waals surface area contributed by atoms with E-state index in [-0.39, 0.29) is 0 Å². The van der Waals surface area contributed by atoms with Crippen LogP contribution in [0.1, 0.15) is 0 Å². The van der Waals surface area contributed by atoms with Crippen molar-refractivity contribution < 1.29 is 17.4 Å². The molecule has 1 atom stereocenters. The van der Waals surface area contributed by atoms with E-state index in [0.29, 0.717) is 0 Å². The molecule has 1 unspecified atom stereocenters. The van der Waals surface area contributed by atoms with Crippen molar-refractivity contribution in [1.82, 2.24) is 0 Å². The summed E-state index contributed by atoms with van der Waals surface area (Å²) in [6.45, 7) is 0. The lowest BCUT2D eigenvalue weighted by Crippen LogP contribution is -2.29. The first-order chi connectivity index (χ1) is 3.25. The summed E-state index contributed by atoms with van der Waals surface area (Å²) in [5.41, 5.74) is -5.09. The summed E-state index contributed by atoms with van der Waals surface area (Å²) >= 11 is 0. The first-order valence-electron chi connectivity index (χ1n) is 1.38. The lowest BCUT2D eigenvalue weighted by Gasteiger charge is -2.02. The van der Waals surface area contributed by atoms with E-state index in [1.54, 1.807) is 0 Å². The van der Waals surface area contributed by atoms with Gasteiger partial charge in [0.25, 0.3) is 0 Å². The molecule has 0 aromatic carbocycles. The molecule has 3 nitrogen and oxygen atoms in total. The number of rotatable bonds is 0. The molecule has 0 saturated heterocycles. The van der Waals surface area contributed by atoms with Crippen molar-refractivity contribution in [2.45, 2.75) is 5.51 Å². The van der Waals surface area contributed by atoms with Crippen molar-refractivity contribution >= 4 is 9.92 Å². The molecular weight excluding hydrogens is 145 g/mol. The zero-order chi connectivity index (χ0) is 7.00. The molecule has 8 heavy (non-hydrogen) atoms. The Morgan fingerprint density at radius 2 is 1.62 bits per heavy atom. The molecule has 0 aromatic heterocycles. The smallest absolute Gasteiger partial charge is 0.238 e. The average Bonchev–Trinajstić information content (AvgIpc) is 1.25. The Kier molecular flexibility index (Phi) is 1.53. The quantitative estimate of drug-likeness (QED) is 0.513. The minimum Gasteiger partial charge on any atom is -0.238 e. The van der Waals surface area contributed by atoms with Gasteiger partial charge in [0.15, 0.2) is 0 Å². The maximum absolute atomic E-state index is 11.0. The monoisotopic (exact) mass is 148 g/mol. The van der Waals surface area contributed by atoms with Gasteiger partial charge in [-0.05, 0) is 0 Å². The van der Waals surface area contributed by atoms with Crippen molar-refractivity contribution in [3.63, 3.8) is 0 Å². The highest BCUT2D eigenvalue weighted by molar-refractivity contribution is 7.91. The van der Waals surface area contributed by atoms with Gasteiger partial charge in [-0.3, -0.25) is 0 Å². The second kappa shape index (κ2) is 1.59. The lowest BCUT2D eigenvalue weighted by atomic mass is 11.6. The summed E-state index contributed by atoms with van der Waals surface area (Å²) < 4.78 is 48.2. The number of nitrogens with two attached hydrogens (primary N) is 1. The maximum atomic E-state index is 11.0. The lowest BCUT2D eigenvalue weighted by molar-refractivity contribution is -0.0406. The van der Waals surface area contributed by atoms with E-state index in [1.165, 1.54) is 0 Å². The Morgan fingerprint density at radius 1 is 1.50 bits per heavy atom. The highest BCUT2D eigenvalue weighted by Gasteiger charge is 2.38. The van der Waals surface area contributed by atoms with E-state index < -0.39 is 15.4 Å². The second-order valence-corrected chi connectivity index (χ2v) is 2.71. The molecule has 0 heterocycles. The van der Waals surface area contributed by atoms with Gasteiger partial charge < -0.3 is 0 Å². The van der Waals surface area contributed by atoms with Crippen molar-refractivity contribution in [3.8, 4) is 0 Å². The minimum atomic E-state index is -5.09. The predicted octanol–water partition coefficient (Wildman–Crippen LogP) is 0.427. The number of nitrogens with one attached hydrogen (secondary N) is 1. The van der Waals surface area contributed by atoms with Crippen LogP contribution in [0.4, 0.5) is 13.2 Å². The fraction of sp³-hybridized carbons (Fsp3) is 1.00. The molecule has 0 radical (unpaired) electrons. The van der Waals surface area contributed by atoms with E-state index in [4.69, 9.17) is 4.78 Å². The Hall–Kier alpha value is -0.300. The van der Waals surface area contributed by atoms with Crippen LogP contribution in [-0.4, -0.2) is 9.72 Å². The van der Waals surface area contributed by atoms with E-state index in [0.717, 1.165) is 0 Å². The van der Waals surface area contributed by atoms with Crippen molar-refractivity contribution in [2.24, 2.45) is 5.14 Å². The fourth-order valence-corrected chi connectivity index (χ4v) is 0. The van der Waals surface area contributed by atoms with Crippen LogP contribution in [0.5, 0.6) is 0 Å². The zero-order valence-corrected chi connectivity index (χ0v) is 4.34. The Balaban J connectivity index is 4.53. The first kappa shape index (κ1) is 7.70. The Labute approximate surface area is 43.8 Å². The predicted molar refractivity (Wildman–Crippen MR) is 21.1 cm³/mol. The molecule has 0 aliphatic carbocycles. The SMILES string of the molecule is N=S(N)(=O)C(F)(F)F. The van der Waals surface area contributed by atoms with Crippen LogP contribution in [0.2, 0.25) is 0 Å². The van der Waals surface area contributed by atoms with Crippen LogP contribution < -0.4 is 5.14 Å². The van der Waals surface area contributed by atoms with Crippen molar-refractivity contribution in [1.29, 1.82) is 4.78 Å². The summed E-state index contributed by atoms with van der Waals surface area (Å²) in [5, 5.41) is 3.88. The third kappa shape index (κ3) is 1.66. The second-order valence-electron chi connectivity index (χ2n) is 1.05.